The van der Waals surface area contributed by atoms with E-state index in [1.807, 2.05) is 0 Å². The maximum absolute atomic E-state index is 12.2. The number of amides is 1. The van der Waals surface area contributed by atoms with Gasteiger partial charge in [0.2, 0.25) is 5.91 Å². The lowest BCUT2D eigenvalue weighted by Crippen LogP contribution is -2.44. The van der Waals surface area contributed by atoms with Gasteiger partial charge in [0.1, 0.15) is 0 Å². The van der Waals surface area contributed by atoms with Gasteiger partial charge in [0.25, 0.3) is 0 Å². The molecule has 3 nitrogen and oxygen atoms in total. The highest BCUT2D eigenvalue weighted by Gasteiger charge is 2.31. The van der Waals surface area contributed by atoms with E-state index in [2.05, 4.69) is 10.2 Å². The van der Waals surface area contributed by atoms with Gasteiger partial charge in [-0.1, -0.05) is 48.5 Å². The van der Waals surface area contributed by atoms with Gasteiger partial charge in [-0.25, -0.2) is 0 Å². The largest absolute Gasteiger partial charge is 0.324 e. The number of fused-ring (bicyclic) bond motifs is 1. The molecule has 5 heteroatoms. The molecule has 0 radical (unpaired) electrons. The quantitative estimate of drug-likeness (QED) is 0.881. The lowest BCUT2D eigenvalue weighted by molar-refractivity contribution is -0.118. The molecule has 1 heterocycles. The Labute approximate surface area is 142 Å². The first kappa shape index (κ1) is 16.1. The maximum atomic E-state index is 12.2. The summed E-state index contributed by atoms with van der Waals surface area (Å²) < 4.78 is 0. The van der Waals surface area contributed by atoms with Crippen LogP contribution in [0.1, 0.15) is 32.1 Å². The van der Waals surface area contributed by atoms with Crippen LogP contribution in [0, 0.1) is 11.8 Å². The molecule has 2 fully saturated rings. The lowest BCUT2D eigenvalue weighted by atomic mass is 9.75. The molecule has 1 saturated carbocycles. The van der Waals surface area contributed by atoms with Crippen LogP contribution in [0.4, 0.5) is 5.69 Å². The molecule has 2 atom stereocenters. The third-order valence-corrected chi connectivity index (χ3v) is 5.79. The minimum atomic E-state index is -0.0153. The van der Waals surface area contributed by atoms with E-state index < -0.39 is 0 Å². The topological polar surface area (TPSA) is 32.3 Å². The zero-order valence-electron chi connectivity index (χ0n) is 12.7. The second-order valence-electron chi connectivity index (χ2n) is 6.48. The van der Waals surface area contributed by atoms with E-state index in [0.717, 1.165) is 24.9 Å². The Bertz CT molecular complexity index is 549. The molecule has 1 aliphatic heterocycles. The molecule has 120 valence electrons. The predicted octanol–water partition coefficient (Wildman–Crippen LogP) is 4.44. The van der Waals surface area contributed by atoms with Gasteiger partial charge in [-0.2, -0.15) is 0 Å². The first-order valence-electron chi connectivity index (χ1n) is 8.09. The second-order valence-corrected chi connectivity index (χ2v) is 7.26. The Morgan fingerprint density at radius 2 is 1.95 bits per heavy atom. The van der Waals surface area contributed by atoms with Crippen LogP contribution in [0.2, 0.25) is 10.0 Å². The fourth-order valence-corrected chi connectivity index (χ4v) is 4.16. The van der Waals surface area contributed by atoms with Crippen molar-refractivity contribution in [1.29, 1.82) is 0 Å². The van der Waals surface area contributed by atoms with Gasteiger partial charge in [0, 0.05) is 6.54 Å². The third-order valence-electron chi connectivity index (χ3n) is 4.97. The summed E-state index contributed by atoms with van der Waals surface area (Å²) in [6, 6.07) is 5.28. The van der Waals surface area contributed by atoms with Gasteiger partial charge >= 0.3 is 0 Å². The Hall–Kier alpha value is -0.770. The maximum Gasteiger partial charge on any atom is 0.238 e. The molecule has 1 aromatic carbocycles. The second kappa shape index (κ2) is 7.20. The van der Waals surface area contributed by atoms with E-state index in [1.54, 1.807) is 18.2 Å². The molecule has 3 rings (SSSR count). The number of hydrogen-bond acceptors (Lipinski definition) is 2. The average molecular weight is 341 g/mol. The first-order chi connectivity index (χ1) is 10.6. The monoisotopic (exact) mass is 340 g/mol. The van der Waals surface area contributed by atoms with E-state index in [-0.39, 0.29) is 5.91 Å². The molecular formula is C17H22Cl2N2O. The number of halogens is 2. The molecule has 0 bridgehead atoms. The van der Waals surface area contributed by atoms with Crippen LogP contribution in [0.3, 0.4) is 0 Å². The summed E-state index contributed by atoms with van der Waals surface area (Å²) in [7, 11) is 0. The van der Waals surface area contributed by atoms with Gasteiger partial charge in [-0.15, -0.1) is 0 Å². The van der Waals surface area contributed by atoms with Crippen molar-refractivity contribution >= 4 is 34.8 Å². The highest BCUT2D eigenvalue weighted by Crippen LogP contribution is 2.36. The number of anilines is 1. The molecule has 1 aromatic rings. The van der Waals surface area contributed by atoms with Crippen molar-refractivity contribution in [1.82, 2.24) is 4.90 Å². The van der Waals surface area contributed by atoms with Gasteiger partial charge < -0.3 is 5.32 Å². The number of hydrogen-bond donors (Lipinski definition) is 1. The first-order valence-corrected chi connectivity index (χ1v) is 8.85. The summed E-state index contributed by atoms with van der Waals surface area (Å²) in [6.07, 6.45) is 6.66. The van der Waals surface area contributed by atoms with Crippen molar-refractivity contribution in [3.8, 4) is 0 Å². The van der Waals surface area contributed by atoms with Crippen LogP contribution in [-0.4, -0.2) is 30.4 Å². The Morgan fingerprint density at radius 3 is 2.77 bits per heavy atom. The summed E-state index contributed by atoms with van der Waals surface area (Å²) in [4.78, 5) is 14.5. The van der Waals surface area contributed by atoms with E-state index in [0.29, 0.717) is 22.3 Å². The third kappa shape index (κ3) is 3.76. The van der Waals surface area contributed by atoms with Gasteiger partial charge in [-0.05, 0) is 43.4 Å². The minimum Gasteiger partial charge on any atom is -0.324 e. The zero-order valence-corrected chi connectivity index (χ0v) is 14.2. The highest BCUT2D eigenvalue weighted by atomic mass is 35.5. The normalized spacial score (nSPS) is 25.5. The van der Waals surface area contributed by atoms with E-state index in [4.69, 9.17) is 23.2 Å². The molecule has 1 amide bonds. The highest BCUT2D eigenvalue weighted by molar-refractivity contribution is 6.43. The summed E-state index contributed by atoms with van der Waals surface area (Å²) in [5.41, 5.74) is 0.590. The predicted molar refractivity (Wildman–Crippen MR) is 91.6 cm³/mol. The van der Waals surface area contributed by atoms with Crippen molar-refractivity contribution in [3.05, 3.63) is 28.2 Å². The molecule has 0 spiro atoms. The summed E-state index contributed by atoms with van der Waals surface area (Å²) in [6.45, 7) is 2.52. The van der Waals surface area contributed by atoms with Crippen LogP contribution >= 0.6 is 23.2 Å². The SMILES string of the molecule is O=C(CN1CC[C@@H]2CCCC[C@H]2C1)Nc1cccc(Cl)c1Cl. The van der Waals surface area contributed by atoms with Crippen molar-refractivity contribution in [2.24, 2.45) is 11.8 Å². The standard InChI is InChI=1S/C17H22Cl2N2O/c18-14-6-3-7-15(17(14)19)20-16(22)11-21-9-8-12-4-1-2-5-13(12)10-21/h3,6-7,12-13H,1-2,4-5,8-11H2,(H,20,22)/t12-,13-/m0/s1. The Morgan fingerprint density at radius 1 is 1.18 bits per heavy atom. The smallest absolute Gasteiger partial charge is 0.238 e. The van der Waals surface area contributed by atoms with Crippen LogP contribution in [-0.2, 0) is 4.79 Å². The fourth-order valence-electron chi connectivity index (χ4n) is 3.81. The molecule has 1 N–H and O–H groups in total. The minimum absolute atomic E-state index is 0.0153. The summed E-state index contributed by atoms with van der Waals surface area (Å²) >= 11 is 12.1. The van der Waals surface area contributed by atoms with E-state index in [9.17, 15) is 4.79 Å². The number of nitrogens with one attached hydrogen (secondary N) is 1. The number of rotatable bonds is 3. The average Bonchev–Trinajstić information content (AvgIpc) is 2.52. The molecule has 0 unspecified atom stereocenters. The number of piperidine rings is 1. The van der Waals surface area contributed by atoms with Crippen molar-refractivity contribution in [3.63, 3.8) is 0 Å². The molecule has 1 aliphatic carbocycles. The van der Waals surface area contributed by atoms with Crippen molar-refractivity contribution in [2.75, 3.05) is 25.0 Å². The number of carbonyl (C=O) groups is 1. The van der Waals surface area contributed by atoms with Crippen LogP contribution < -0.4 is 5.32 Å². The fraction of sp³-hybridized carbons (Fsp3) is 0.588. The number of likely N-dealkylation sites (tertiary alicyclic amines) is 1. The molecule has 2 aliphatic rings. The number of benzene rings is 1. The van der Waals surface area contributed by atoms with Crippen LogP contribution in [0.15, 0.2) is 18.2 Å². The van der Waals surface area contributed by atoms with Gasteiger partial charge in [0.05, 0.1) is 22.3 Å². The summed E-state index contributed by atoms with van der Waals surface area (Å²) in [5.74, 6) is 1.65. The number of carbonyl (C=O) groups excluding carboxylic acids is 1. The van der Waals surface area contributed by atoms with Gasteiger partial charge in [0.15, 0.2) is 0 Å². The molecule has 0 aromatic heterocycles. The molecule has 1 saturated heterocycles. The molecule has 22 heavy (non-hydrogen) atoms. The Balaban J connectivity index is 1.54. The van der Waals surface area contributed by atoms with Crippen molar-refractivity contribution in [2.45, 2.75) is 32.1 Å². The van der Waals surface area contributed by atoms with E-state index in [1.165, 1.54) is 32.1 Å². The van der Waals surface area contributed by atoms with Crippen LogP contribution in [0.25, 0.3) is 0 Å². The van der Waals surface area contributed by atoms with Crippen LogP contribution in [0.5, 0.6) is 0 Å². The molecular weight excluding hydrogens is 319 g/mol. The number of nitrogens with zero attached hydrogens (tertiary/aromatic N) is 1. The zero-order chi connectivity index (χ0) is 15.5. The summed E-state index contributed by atoms with van der Waals surface area (Å²) in [5, 5.41) is 3.74. The lowest BCUT2D eigenvalue weighted by Gasteiger charge is -2.41. The van der Waals surface area contributed by atoms with Crippen molar-refractivity contribution < 1.29 is 4.79 Å². The Kier molecular flexibility index (Phi) is 5.27. The van der Waals surface area contributed by atoms with Gasteiger partial charge in [-0.3, -0.25) is 9.69 Å². The van der Waals surface area contributed by atoms with E-state index >= 15 is 0 Å².